The summed E-state index contributed by atoms with van der Waals surface area (Å²) < 4.78 is 0. The SMILES string of the molecule is Cl.Cl.OC1CCNCC1C1=Cc2ccccc2C12CCNCC2. The first kappa shape index (κ1) is 18.8. The van der Waals surface area contributed by atoms with Crippen LogP contribution in [0.1, 0.15) is 30.4 Å². The minimum absolute atomic E-state index is 0. The van der Waals surface area contributed by atoms with Gasteiger partial charge in [0, 0.05) is 17.9 Å². The minimum atomic E-state index is -0.196. The molecule has 4 rings (SSSR count). The van der Waals surface area contributed by atoms with E-state index in [2.05, 4.69) is 41.0 Å². The van der Waals surface area contributed by atoms with Crippen LogP contribution in [0.15, 0.2) is 29.8 Å². The summed E-state index contributed by atoms with van der Waals surface area (Å²) in [7, 11) is 0. The average Bonchev–Trinajstić information content (AvgIpc) is 2.83. The Labute approximate surface area is 150 Å². The number of piperidine rings is 2. The molecule has 0 aromatic heterocycles. The first-order valence-electron chi connectivity index (χ1n) is 8.22. The van der Waals surface area contributed by atoms with Crippen molar-refractivity contribution >= 4 is 30.9 Å². The number of aliphatic hydroxyl groups is 1. The maximum absolute atomic E-state index is 10.5. The zero-order chi connectivity index (χ0) is 14.3. The van der Waals surface area contributed by atoms with E-state index >= 15 is 0 Å². The number of hydrogen-bond donors (Lipinski definition) is 3. The van der Waals surface area contributed by atoms with Gasteiger partial charge in [0.1, 0.15) is 0 Å². The molecule has 0 radical (unpaired) electrons. The molecule has 3 N–H and O–H groups in total. The van der Waals surface area contributed by atoms with Crippen LogP contribution in [-0.4, -0.2) is 37.4 Å². The summed E-state index contributed by atoms with van der Waals surface area (Å²) in [6.07, 6.45) is 5.35. The molecule has 5 heteroatoms. The molecule has 2 fully saturated rings. The molecule has 3 nitrogen and oxygen atoms in total. The Morgan fingerprint density at radius 1 is 1.00 bits per heavy atom. The molecule has 128 valence electrons. The molecule has 2 aliphatic heterocycles. The zero-order valence-electron chi connectivity index (χ0n) is 13.3. The maximum atomic E-state index is 10.5. The standard InChI is InChI=1S/C18H24N2O.2ClH/c21-17-5-8-20-12-14(17)16-11-13-3-1-2-4-15(13)18(16)6-9-19-10-7-18;;/h1-4,11,14,17,19-21H,5-10,12H2;2*1H. The lowest BCUT2D eigenvalue weighted by molar-refractivity contribution is 0.0876. The van der Waals surface area contributed by atoms with Crippen molar-refractivity contribution in [2.45, 2.75) is 30.8 Å². The number of halogens is 2. The Morgan fingerprint density at radius 3 is 2.48 bits per heavy atom. The van der Waals surface area contributed by atoms with Crippen LogP contribution in [0.4, 0.5) is 0 Å². The fourth-order valence-corrected chi connectivity index (χ4v) is 4.56. The highest BCUT2D eigenvalue weighted by molar-refractivity contribution is 5.85. The lowest BCUT2D eigenvalue weighted by atomic mass is 9.65. The molecule has 1 aromatic rings. The Bertz CT molecular complexity index is 570. The van der Waals surface area contributed by atoms with Crippen LogP contribution in [-0.2, 0) is 5.41 Å². The second kappa shape index (κ2) is 7.54. The third-order valence-corrected chi connectivity index (χ3v) is 5.64. The van der Waals surface area contributed by atoms with Crippen molar-refractivity contribution < 1.29 is 5.11 Å². The van der Waals surface area contributed by atoms with Gasteiger partial charge in [0.05, 0.1) is 6.10 Å². The summed E-state index contributed by atoms with van der Waals surface area (Å²) in [4.78, 5) is 0. The summed E-state index contributed by atoms with van der Waals surface area (Å²) in [5.41, 5.74) is 4.49. The number of fused-ring (bicyclic) bond motifs is 2. The van der Waals surface area contributed by atoms with E-state index in [1.165, 1.54) is 16.7 Å². The molecular weight excluding hydrogens is 331 g/mol. The topological polar surface area (TPSA) is 44.3 Å². The highest BCUT2D eigenvalue weighted by atomic mass is 35.5. The van der Waals surface area contributed by atoms with Gasteiger partial charge in [0.2, 0.25) is 0 Å². The first-order chi connectivity index (χ1) is 10.3. The van der Waals surface area contributed by atoms with Crippen LogP contribution in [0.25, 0.3) is 6.08 Å². The molecule has 1 aromatic carbocycles. The normalized spacial score (nSPS) is 28.3. The van der Waals surface area contributed by atoms with Gasteiger partial charge in [-0.3, -0.25) is 0 Å². The van der Waals surface area contributed by atoms with E-state index < -0.39 is 0 Å². The van der Waals surface area contributed by atoms with Crippen molar-refractivity contribution in [3.63, 3.8) is 0 Å². The molecule has 0 saturated carbocycles. The number of aliphatic hydroxyl groups excluding tert-OH is 1. The molecule has 2 unspecified atom stereocenters. The highest BCUT2D eigenvalue weighted by Crippen LogP contribution is 2.51. The van der Waals surface area contributed by atoms with Crippen LogP contribution in [0, 0.1) is 5.92 Å². The van der Waals surface area contributed by atoms with Crippen molar-refractivity contribution in [2.75, 3.05) is 26.2 Å². The summed E-state index contributed by atoms with van der Waals surface area (Å²) >= 11 is 0. The quantitative estimate of drug-likeness (QED) is 0.724. The Balaban J connectivity index is 0.000000960. The molecule has 1 spiro atoms. The van der Waals surface area contributed by atoms with Crippen LogP contribution in [0.5, 0.6) is 0 Å². The van der Waals surface area contributed by atoms with E-state index in [-0.39, 0.29) is 42.3 Å². The lowest BCUT2D eigenvalue weighted by Gasteiger charge is -2.43. The van der Waals surface area contributed by atoms with Gasteiger partial charge >= 0.3 is 0 Å². The van der Waals surface area contributed by atoms with Gasteiger partial charge in [-0.15, -0.1) is 24.8 Å². The van der Waals surface area contributed by atoms with Gasteiger partial charge in [-0.2, -0.15) is 0 Å². The molecule has 23 heavy (non-hydrogen) atoms. The van der Waals surface area contributed by atoms with Crippen molar-refractivity contribution in [1.82, 2.24) is 10.6 Å². The number of rotatable bonds is 1. The first-order valence-corrected chi connectivity index (χ1v) is 8.22. The fraction of sp³-hybridized carbons (Fsp3) is 0.556. The molecular formula is C18H26Cl2N2O. The Kier molecular flexibility index (Phi) is 6.15. The summed E-state index contributed by atoms with van der Waals surface area (Å²) in [5.74, 6) is 0.268. The predicted octanol–water partition coefficient (Wildman–Crippen LogP) is 2.52. The van der Waals surface area contributed by atoms with Crippen molar-refractivity contribution in [1.29, 1.82) is 0 Å². The van der Waals surface area contributed by atoms with E-state index in [4.69, 9.17) is 0 Å². The molecule has 2 atom stereocenters. The van der Waals surface area contributed by atoms with E-state index in [9.17, 15) is 5.11 Å². The largest absolute Gasteiger partial charge is 0.392 e. The third-order valence-electron chi connectivity index (χ3n) is 5.64. The molecule has 2 heterocycles. The summed E-state index contributed by atoms with van der Waals surface area (Å²) in [6, 6.07) is 8.82. The van der Waals surface area contributed by atoms with Crippen LogP contribution in [0.2, 0.25) is 0 Å². The Morgan fingerprint density at radius 2 is 1.74 bits per heavy atom. The molecule has 3 aliphatic rings. The average molecular weight is 357 g/mol. The number of hydrogen-bond acceptors (Lipinski definition) is 3. The van der Waals surface area contributed by atoms with Crippen molar-refractivity contribution in [3.8, 4) is 0 Å². The van der Waals surface area contributed by atoms with E-state index in [1.54, 1.807) is 0 Å². The second-order valence-corrected chi connectivity index (χ2v) is 6.69. The minimum Gasteiger partial charge on any atom is -0.392 e. The van der Waals surface area contributed by atoms with Gasteiger partial charge < -0.3 is 15.7 Å². The van der Waals surface area contributed by atoms with Gasteiger partial charge in [-0.25, -0.2) is 0 Å². The van der Waals surface area contributed by atoms with Crippen molar-refractivity contribution in [3.05, 3.63) is 41.0 Å². The van der Waals surface area contributed by atoms with E-state index in [0.717, 1.165) is 45.4 Å². The zero-order valence-corrected chi connectivity index (χ0v) is 14.9. The molecule has 2 saturated heterocycles. The van der Waals surface area contributed by atoms with E-state index in [0.29, 0.717) is 0 Å². The van der Waals surface area contributed by atoms with Gasteiger partial charge in [0.25, 0.3) is 0 Å². The maximum Gasteiger partial charge on any atom is 0.0630 e. The van der Waals surface area contributed by atoms with Crippen LogP contribution in [0.3, 0.4) is 0 Å². The highest BCUT2D eigenvalue weighted by Gasteiger charge is 2.46. The summed E-state index contributed by atoms with van der Waals surface area (Å²) in [5, 5.41) is 17.5. The molecule has 1 aliphatic carbocycles. The van der Waals surface area contributed by atoms with Gasteiger partial charge in [-0.05, 0) is 50.0 Å². The van der Waals surface area contributed by atoms with Crippen LogP contribution < -0.4 is 10.6 Å². The number of nitrogens with one attached hydrogen (secondary N) is 2. The second-order valence-electron chi connectivity index (χ2n) is 6.69. The molecule has 0 bridgehead atoms. The number of benzene rings is 1. The lowest BCUT2D eigenvalue weighted by Crippen LogP contribution is -2.47. The smallest absolute Gasteiger partial charge is 0.0630 e. The molecule has 0 amide bonds. The van der Waals surface area contributed by atoms with Crippen molar-refractivity contribution in [2.24, 2.45) is 5.92 Å². The monoisotopic (exact) mass is 356 g/mol. The van der Waals surface area contributed by atoms with Gasteiger partial charge in [0.15, 0.2) is 0 Å². The predicted molar refractivity (Wildman–Crippen MR) is 99.7 cm³/mol. The van der Waals surface area contributed by atoms with Crippen LogP contribution >= 0.6 is 24.8 Å². The fourth-order valence-electron chi connectivity index (χ4n) is 4.56. The van der Waals surface area contributed by atoms with E-state index in [1.807, 2.05) is 0 Å². The third kappa shape index (κ3) is 3.06. The van der Waals surface area contributed by atoms with Gasteiger partial charge in [-0.1, -0.05) is 35.9 Å². The summed E-state index contributed by atoms with van der Waals surface area (Å²) in [6.45, 7) is 3.99. The Hall–Kier alpha value is -0.580.